The summed E-state index contributed by atoms with van der Waals surface area (Å²) in [4.78, 5) is 11.2. The zero-order valence-corrected chi connectivity index (χ0v) is 19.1. The van der Waals surface area contributed by atoms with Crippen LogP contribution in [0.4, 0.5) is 5.82 Å². The molecule has 1 aliphatic heterocycles. The lowest BCUT2D eigenvalue weighted by molar-refractivity contribution is 0.328. The van der Waals surface area contributed by atoms with Gasteiger partial charge in [0.05, 0.1) is 11.6 Å². The zero-order valence-electron chi connectivity index (χ0n) is 16.0. The molecule has 1 atom stereocenters. The van der Waals surface area contributed by atoms with E-state index in [1.807, 2.05) is 42.5 Å². The van der Waals surface area contributed by atoms with Crippen LogP contribution in [0, 0.1) is 0 Å². The first kappa shape index (κ1) is 22.5. The van der Waals surface area contributed by atoms with Crippen LogP contribution in [0.15, 0.2) is 53.7 Å². The van der Waals surface area contributed by atoms with Crippen molar-refractivity contribution in [2.75, 3.05) is 37.7 Å². The number of pyridine rings is 1. The maximum absolute atomic E-state index is 6.27. The first-order valence-corrected chi connectivity index (χ1v) is 9.72. The Kier molecular flexibility index (Phi) is 9.63. The average Bonchev–Trinajstić information content (AvgIpc) is 3.15. The van der Waals surface area contributed by atoms with Crippen LogP contribution in [0.2, 0.25) is 5.02 Å². The van der Waals surface area contributed by atoms with Crippen LogP contribution in [-0.2, 0) is 0 Å². The molecule has 3 rings (SSSR count). The van der Waals surface area contributed by atoms with E-state index < -0.39 is 0 Å². The Hall–Kier alpha value is -1.74. The van der Waals surface area contributed by atoms with Gasteiger partial charge in [0, 0.05) is 31.9 Å². The molecule has 1 aromatic carbocycles. The van der Waals surface area contributed by atoms with E-state index in [0.717, 1.165) is 43.6 Å². The molecule has 0 bridgehead atoms. The summed E-state index contributed by atoms with van der Waals surface area (Å²) in [7, 11) is 0. The molecule has 28 heavy (non-hydrogen) atoms. The van der Waals surface area contributed by atoms with Gasteiger partial charge in [-0.15, -0.1) is 24.0 Å². The quantitative estimate of drug-likeness (QED) is 0.256. The summed E-state index contributed by atoms with van der Waals surface area (Å²) >= 11 is 6.27. The SMILES string of the molecule is CCNC(=NCCOc1ccccc1)NC1CCN(c2ncccc2Cl)C1.I. The van der Waals surface area contributed by atoms with Crippen molar-refractivity contribution in [2.24, 2.45) is 4.99 Å². The molecular formula is C20H27ClIN5O. The molecule has 152 valence electrons. The third kappa shape index (κ3) is 6.70. The van der Waals surface area contributed by atoms with Gasteiger partial charge in [-0.2, -0.15) is 0 Å². The van der Waals surface area contributed by atoms with Gasteiger partial charge in [-0.1, -0.05) is 29.8 Å². The number of halogens is 2. The van der Waals surface area contributed by atoms with Crippen LogP contribution >= 0.6 is 35.6 Å². The van der Waals surface area contributed by atoms with Crippen LogP contribution in [0.5, 0.6) is 5.75 Å². The number of hydrogen-bond donors (Lipinski definition) is 2. The lowest BCUT2D eigenvalue weighted by atomic mass is 10.3. The number of anilines is 1. The van der Waals surface area contributed by atoms with Crippen molar-refractivity contribution in [3.8, 4) is 5.75 Å². The Bertz CT molecular complexity index is 746. The molecule has 1 saturated heterocycles. The van der Waals surface area contributed by atoms with Crippen LogP contribution < -0.4 is 20.3 Å². The third-order valence-corrected chi connectivity index (χ3v) is 4.58. The minimum Gasteiger partial charge on any atom is -0.492 e. The minimum atomic E-state index is 0. The Morgan fingerprint density at radius 3 is 2.86 bits per heavy atom. The van der Waals surface area contributed by atoms with Crippen LogP contribution in [0.3, 0.4) is 0 Å². The molecule has 0 spiro atoms. The van der Waals surface area contributed by atoms with E-state index in [-0.39, 0.29) is 24.0 Å². The van der Waals surface area contributed by atoms with Crippen molar-refractivity contribution in [1.29, 1.82) is 0 Å². The van der Waals surface area contributed by atoms with Crippen molar-refractivity contribution >= 4 is 47.4 Å². The monoisotopic (exact) mass is 515 g/mol. The number of rotatable bonds is 7. The van der Waals surface area contributed by atoms with Crippen molar-refractivity contribution in [2.45, 2.75) is 19.4 Å². The maximum atomic E-state index is 6.27. The number of ether oxygens (including phenoxy) is 1. The van der Waals surface area contributed by atoms with Gasteiger partial charge in [-0.05, 0) is 37.6 Å². The largest absolute Gasteiger partial charge is 0.492 e. The number of benzene rings is 1. The van der Waals surface area contributed by atoms with Gasteiger partial charge in [0.2, 0.25) is 0 Å². The smallest absolute Gasteiger partial charge is 0.191 e. The number of para-hydroxylation sites is 1. The molecular weight excluding hydrogens is 489 g/mol. The molecule has 0 aliphatic carbocycles. The molecule has 2 aromatic rings. The van der Waals surface area contributed by atoms with Crippen LogP contribution in [-0.4, -0.2) is 49.8 Å². The molecule has 0 radical (unpaired) electrons. The second-order valence-electron chi connectivity index (χ2n) is 6.31. The molecule has 1 unspecified atom stereocenters. The molecule has 2 N–H and O–H groups in total. The Morgan fingerprint density at radius 1 is 1.29 bits per heavy atom. The summed E-state index contributed by atoms with van der Waals surface area (Å²) in [5.74, 6) is 2.53. The normalized spacial score (nSPS) is 16.4. The minimum absolute atomic E-state index is 0. The van der Waals surface area contributed by atoms with Gasteiger partial charge < -0.3 is 20.3 Å². The summed E-state index contributed by atoms with van der Waals surface area (Å²) in [6.45, 7) is 5.78. The van der Waals surface area contributed by atoms with E-state index >= 15 is 0 Å². The zero-order chi connectivity index (χ0) is 18.9. The van der Waals surface area contributed by atoms with Gasteiger partial charge in [-0.3, -0.25) is 0 Å². The van der Waals surface area contributed by atoms with Crippen molar-refractivity contribution < 1.29 is 4.74 Å². The number of hydrogen-bond acceptors (Lipinski definition) is 4. The van der Waals surface area contributed by atoms with Gasteiger partial charge in [-0.25, -0.2) is 9.98 Å². The van der Waals surface area contributed by atoms with Gasteiger partial charge in [0.15, 0.2) is 5.96 Å². The first-order chi connectivity index (χ1) is 13.3. The lowest BCUT2D eigenvalue weighted by Crippen LogP contribution is -2.44. The Balaban J connectivity index is 0.00000280. The van der Waals surface area contributed by atoms with E-state index in [2.05, 4.69) is 32.4 Å². The summed E-state index contributed by atoms with van der Waals surface area (Å²) in [5.41, 5.74) is 0. The number of nitrogens with zero attached hydrogens (tertiary/aromatic N) is 3. The van der Waals surface area contributed by atoms with Gasteiger partial charge >= 0.3 is 0 Å². The molecule has 1 aromatic heterocycles. The van der Waals surface area contributed by atoms with E-state index in [4.69, 9.17) is 16.3 Å². The van der Waals surface area contributed by atoms with E-state index in [1.54, 1.807) is 6.20 Å². The fourth-order valence-electron chi connectivity index (χ4n) is 3.03. The lowest BCUT2D eigenvalue weighted by Gasteiger charge is -2.20. The highest BCUT2D eigenvalue weighted by Crippen LogP contribution is 2.25. The molecule has 1 fully saturated rings. The number of nitrogens with one attached hydrogen (secondary N) is 2. The first-order valence-electron chi connectivity index (χ1n) is 9.34. The van der Waals surface area contributed by atoms with E-state index in [9.17, 15) is 0 Å². The van der Waals surface area contributed by atoms with E-state index in [0.29, 0.717) is 24.2 Å². The van der Waals surface area contributed by atoms with Crippen molar-refractivity contribution in [3.05, 3.63) is 53.7 Å². The second-order valence-corrected chi connectivity index (χ2v) is 6.71. The topological polar surface area (TPSA) is 61.8 Å². The highest BCUT2D eigenvalue weighted by atomic mass is 127. The Labute approximate surface area is 188 Å². The second kappa shape index (κ2) is 12.0. The van der Waals surface area contributed by atoms with Crippen LogP contribution in [0.25, 0.3) is 0 Å². The predicted octanol–water partition coefficient (Wildman–Crippen LogP) is 3.57. The third-order valence-electron chi connectivity index (χ3n) is 4.29. The summed E-state index contributed by atoms with van der Waals surface area (Å²) in [6, 6.07) is 13.8. The van der Waals surface area contributed by atoms with Crippen molar-refractivity contribution in [3.63, 3.8) is 0 Å². The fourth-order valence-corrected chi connectivity index (χ4v) is 3.27. The Morgan fingerprint density at radius 2 is 2.11 bits per heavy atom. The molecule has 1 aliphatic rings. The number of aromatic nitrogens is 1. The number of guanidine groups is 1. The molecule has 6 nitrogen and oxygen atoms in total. The highest BCUT2D eigenvalue weighted by molar-refractivity contribution is 14.0. The molecule has 8 heteroatoms. The number of aliphatic imine (C=N–C) groups is 1. The molecule has 0 amide bonds. The molecule has 0 saturated carbocycles. The van der Waals surface area contributed by atoms with Crippen LogP contribution in [0.1, 0.15) is 13.3 Å². The average molecular weight is 516 g/mol. The van der Waals surface area contributed by atoms with E-state index in [1.165, 1.54) is 0 Å². The maximum Gasteiger partial charge on any atom is 0.191 e. The predicted molar refractivity (Wildman–Crippen MR) is 126 cm³/mol. The summed E-state index contributed by atoms with van der Waals surface area (Å²) < 4.78 is 5.70. The fraction of sp³-hybridized carbons (Fsp3) is 0.400. The van der Waals surface area contributed by atoms with Crippen molar-refractivity contribution in [1.82, 2.24) is 15.6 Å². The standard InChI is InChI=1S/C20H26ClN5O.HI/c1-2-22-20(24-12-14-27-17-7-4-3-5-8-17)25-16-10-13-26(15-16)19-18(21)9-6-11-23-19;/h3-9,11,16H,2,10,12-15H2,1H3,(H2,22,24,25);1H. The highest BCUT2D eigenvalue weighted by Gasteiger charge is 2.25. The molecule has 2 heterocycles. The van der Waals surface area contributed by atoms with Gasteiger partial charge in [0.25, 0.3) is 0 Å². The summed E-state index contributed by atoms with van der Waals surface area (Å²) in [6.07, 6.45) is 2.79. The summed E-state index contributed by atoms with van der Waals surface area (Å²) in [5, 5.41) is 7.49. The van der Waals surface area contributed by atoms with Gasteiger partial charge in [0.1, 0.15) is 18.2 Å².